The molecule has 1 aliphatic rings. The van der Waals surface area contributed by atoms with Gasteiger partial charge in [-0.05, 0) is 55.1 Å². The van der Waals surface area contributed by atoms with Crippen LogP contribution in [0.15, 0.2) is 35.1 Å². The summed E-state index contributed by atoms with van der Waals surface area (Å²) in [6, 6.07) is 0. The van der Waals surface area contributed by atoms with E-state index in [1.165, 1.54) is 0 Å². The molecule has 0 fully saturated rings. The van der Waals surface area contributed by atoms with E-state index in [1.807, 2.05) is 6.92 Å². The topological polar surface area (TPSA) is 37.3 Å². The highest BCUT2D eigenvalue weighted by molar-refractivity contribution is 5.68. The molecule has 2 nitrogen and oxygen atoms in total. The fourth-order valence-electron chi connectivity index (χ4n) is 1.64. The van der Waals surface area contributed by atoms with Gasteiger partial charge in [0.25, 0.3) is 0 Å². The number of aldehydes is 1. The van der Waals surface area contributed by atoms with Crippen LogP contribution in [0.1, 0.15) is 26.2 Å². The molecule has 0 aromatic carbocycles. The third-order valence-electron chi connectivity index (χ3n) is 2.40. The van der Waals surface area contributed by atoms with Crippen LogP contribution in [-0.2, 0) is 4.79 Å². The van der Waals surface area contributed by atoms with Gasteiger partial charge in [-0.15, -0.1) is 0 Å². The Morgan fingerprint density at radius 3 is 2.77 bits per heavy atom. The van der Waals surface area contributed by atoms with Crippen LogP contribution >= 0.6 is 0 Å². The second kappa shape index (κ2) is 4.65. The summed E-state index contributed by atoms with van der Waals surface area (Å²) in [4.78, 5) is 10.3. The summed E-state index contributed by atoms with van der Waals surface area (Å²) in [5.74, 6) is 0. The van der Waals surface area contributed by atoms with Crippen LogP contribution in [0.4, 0.5) is 0 Å². The van der Waals surface area contributed by atoms with Gasteiger partial charge in [-0.25, -0.2) is 0 Å². The van der Waals surface area contributed by atoms with Crippen LogP contribution < -0.4 is 0 Å². The van der Waals surface area contributed by atoms with Gasteiger partial charge in [-0.1, -0.05) is 0 Å². The lowest BCUT2D eigenvalue weighted by atomic mass is 9.88. The van der Waals surface area contributed by atoms with Gasteiger partial charge in [0.15, 0.2) is 0 Å². The lowest BCUT2D eigenvalue weighted by Crippen LogP contribution is -1.99. The van der Waals surface area contributed by atoms with Crippen molar-refractivity contribution in [3.8, 4) is 0 Å². The first kappa shape index (κ1) is 9.78. The Morgan fingerprint density at radius 1 is 1.38 bits per heavy atom. The molecule has 0 aliphatic heterocycles. The number of aliphatic hydroxyl groups excluding tert-OH is 1. The summed E-state index contributed by atoms with van der Waals surface area (Å²) < 4.78 is 0. The molecule has 1 aliphatic carbocycles. The highest BCUT2D eigenvalue weighted by Gasteiger charge is 2.11. The van der Waals surface area contributed by atoms with Gasteiger partial charge >= 0.3 is 0 Å². The molecule has 1 N–H and O–H groups in total. The maximum Gasteiger partial charge on any atom is 0.143 e. The van der Waals surface area contributed by atoms with Gasteiger partial charge in [0.1, 0.15) is 6.29 Å². The number of rotatable bonds is 2. The standard InChI is InChI=1S/C11H14O2/c1-9-10(5-7-12)3-2-4-11(9)6-8-13/h5-8,12H,2-4H2,1H3/b7-5-,11-6+. The van der Waals surface area contributed by atoms with Crippen LogP contribution in [-0.4, -0.2) is 11.4 Å². The zero-order chi connectivity index (χ0) is 9.68. The van der Waals surface area contributed by atoms with Crippen LogP contribution in [0, 0.1) is 0 Å². The molecule has 0 amide bonds. The van der Waals surface area contributed by atoms with E-state index in [9.17, 15) is 4.79 Å². The first-order chi connectivity index (χ1) is 6.29. The molecule has 0 saturated heterocycles. The molecule has 2 heteroatoms. The first-order valence-electron chi connectivity index (χ1n) is 4.45. The fourth-order valence-corrected chi connectivity index (χ4v) is 1.64. The lowest BCUT2D eigenvalue weighted by Gasteiger charge is -2.17. The van der Waals surface area contributed by atoms with Crippen molar-refractivity contribution >= 4 is 6.29 Å². The van der Waals surface area contributed by atoms with Gasteiger partial charge in [-0.2, -0.15) is 0 Å². The molecule has 0 unspecified atom stereocenters. The molecule has 13 heavy (non-hydrogen) atoms. The van der Waals surface area contributed by atoms with Gasteiger partial charge in [0, 0.05) is 0 Å². The van der Waals surface area contributed by atoms with E-state index in [0.29, 0.717) is 0 Å². The zero-order valence-electron chi connectivity index (χ0n) is 7.79. The maximum atomic E-state index is 10.3. The fraction of sp³-hybridized carbons (Fsp3) is 0.364. The normalized spacial score (nSPS) is 21.5. The van der Waals surface area contributed by atoms with E-state index in [1.54, 1.807) is 12.2 Å². The summed E-state index contributed by atoms with van der Waals surface area (Å²) in [5.41, 5.74) is 3.35. The van der Waals surface area contributed by atoms with E-state index in [4.69, 9.17) is 5.11 Å². The lowest BCUT2D eigenvalue weighted by molar-refractivity contribution is -0.104. The number of allylic oxidation sites excluding steroid dienone is 5. The third kappa shape index (κ3) is 2.31. The average Bonchev–Trinajstić information content (AvgIpc) is 2.13. The molecule has 0 spiro atoms. The van der Waals surface area contributed by atoms with E-state index < -0.39 is 0 Å². The second-order valence-corrected chi connectivity index (χ2v) is 3.15. The Labute approximate surface area is 78.3 Å². The predicted molar refractivity (Wildman–Crippen MR) is 52.5 cm³/mol. The van der Waals surface area contributed by atoms with Crippen molar-refractivity contribution in [1.82, 2.24) is 0 Å². The highest BCUT2D eigenvalue weighted by atomic mass is 16.2. The smallest absolute Gasteiger partial charge is 0.143 e. The number of hydrogen-bond donors (Lipinski definition) is 1. The van der Waals surface area contributed by atoms with Crippen molar-refractivity contribution in [2.75, 3.05) is 0 Å². The molecule has 0 radical (unpaired) electrons. The summed E-state index contributed by atoms with van der Waals surface area (Å²) in [7, 11) is 0. The quantitative estimate of drug-likeness (QED) is 0.401. The minimum absolute atomic E-state index is 0.824. The largest absolute Gasteiger partial charge is 0.516 e. The molecule has 0 atom stereocenters. The van der Waals surface area contributed by atoms with Crippen molar-refractivity contribution in [2.45, 2.75) is 26.2 Å². The van der Waals surface area contributed by atoms with Crippen molar-refractivity contribution in [3.05, 3.63) is 35.1 Å². The molecule has 0 bridgehead atoms. The van der Waals surface area contributed by atoms with Gasteiger partial charge in [-0.3, -0.25) is 4.79 Å². The van der Waals surface area contributed by atoms with Crippen molar-refractivity contribution in [1.29, 1.82) is 0 Å². The van der Waals surface area contributed by atoms with Gasteiger partial charge in [0.2, 0.25) is 0 Å². The predicted octanol–water partition coefficient (Wildman–Crippen LogP) is 2.68. The van der Waals surface area contributed by atoms with Crippen LogP contribution in [0.2, 0.25) is 0 Å². The zero-order valence-corrected chi connectivity index (χ0v) is 7.79. The van der Waals surface area contributed by atoms with Crippen molar-refractivity contribution in [3.63, 3.8) is 0 Å². The Hall–Kier alpha value is -1.31. The average molecular weight is 178 g/mol. The first-order valence-corrected chi connectivity index (χ1v) is 4.45. The molecular weight excluding hydrogens is 164 g/mol. The van der Waals surface area contributed by atoms with Crippen molar-refractivity contribution in [2.24, 2.45) is 0 Å². The van der Waals surface area contributed by atoms with Crippen LogP contribution in [0.3, 0.4) is 0 Å². The van der Waals surface area contributed by atoms with Crippen molar-refractivity contribution < 1.29 is 9.90 Å². The molecule has 0 aromatic heterocycles. The minimum Gasteiger partial charge on any atom is -0.516 e. The Balaban J connectivity index is 2.98. The minimum atomic E-state index is 0.824. The monoisotopic (exact) mass is 178 g/mol. The maximum absolute atomic E-state index is 10.3. The van der Waals surface area contributed by atoms with Gasteiger partial charge < -0.3 is 5.11 Å². The Kier molecular flexibility index (Phi) is 3.50. The Bertz CT molecular complexity index is 282. The summed E-state index contributed by atoms with van der Waals surface area (Å²) in [6.07, 6.45) is 8.20. The molecule has 0 saturated carbocycles. The van der Waals surface area contributed by atoms with E-state index >= 15 is 0 Å². The van der Waals surface area contributed by atoms with E-state index in [-0.39, 0.29) is 0 Å². The number of aliphatic hydroxyl groups is 1. The molecular formula is C11H14O2. The second-order valence-electron chi connectivity index (χ2n) is 3.15. The van der Waals surface area contributed by atoms with E-state index in [2.05, 4.69) is 0 Å². The van der Waals surface area contributed by atoms with Crippen LogP contribution in [0.5, 0.6) is 0 Å². The summed E-state index contributed by atoms with van der Waals surface area (Å²) in [6.45, 7) is 1.99. The summed E-state index contributed by atoms with van der Waals surface area (Å²) in [5, 5.41) is 8.65. The molecule has 0 aromatic rings. The van der Waals surface area contributed by atoms with Crippen LogP contribution in [0.25, 0.3) is 0 Å². The molecule has 70 valence electrons. The van der Waals surface area contributed by atoms with Gasteiger partial charge in [0.05, 0.1) is 6.26 Å². The number of hydrogen-bond acceptors (Lipinski definition) is 2. The number of carbonyl (C=O) groups excluding carboxylic acids is 1. The highest BCUT2D eigenvalue weighted by Crippen LogP contribution is 2.29. The molecule has 1 rings (SSSR count). The van der Waals surface area contributed by atoms with E-state index in [0.717, 1.165) is 48.5 Å². The third-order valence-corrected chi connectivity index (χ3v) is 2.40. The molecule has 0 heterocycles. The Morgan fingerprint density at radius 2 is 2.15 bits per heavy atom. The summed E-state index contributed by atoms with van der Waals surface area (Å²) >= 11 is 0. The SMILES string of the molecule is CC1=C(/C=C\O)CCC/C1=C\C=O. The number of carbonyl (C=O) groups is 1.